The fraction of sp³-hybridized carbons (Fsp3) is 0.200. The number of amides is 1. The lowest BCUT2D eigenvalue weighted by Crippen LogP contribution is -3.00. The molecular weight excluding hydrogens is 290 g/mol. The van der Waals surface area contributed by atoms with Gasteiger partial charge in [0, 0.05) is 38.5 Å². The van der Waals surface area contributed by atoms with Crippen molar-refractivity contribution in [3.63, 3.8) is 0 Å². The van der Waals surface area contributed by atoms with Crippen molar-refractivity contribution < 1.29 is 26.8 Å². The highest BCUT2D eigenvalue weighted by molar-refractivity contribution is 5.70. The first-order valence-corrected chi connectivity index (χ1v) is 6.32. The molecule has 0 spiro atoms. The highest BCUT2D eigenvalue weighted by atomic mass is 35.5. The quantitative estimate of drug-likeness (QED) is 0.761. The van der Waals surface area contributed by atoms with E-state index in [0.29, 0.717) is 5.75 Å². The number of pyridine rings is 1. The van der Waals surface area contributed by atoms with Crippen LogP contribution < -0.4 is 22.0 Å². The van der Waals surface area contributed by atoms with Gasteiger partial charge in [-0.05, 0) is 18.2 Å². The zero-order chi connectivity index (χ0) is 14.5. The SMILES string of the molecule is CN(C)C(=O)Oc1ccc([NH+](C)c2ccccn2)cc1.[Cl-]. The number of hydrogen-bond acceptors (Lipinski definition) is 3. The van der Waals surface area contributed by atoms with Crippen LogP contribution in [0.1, 0.15) is 0 Å². The van der Waals surface area contributed by atoms with Gasteiger partial charge in [-0.15, -0.1) is 0 Å². The normalized spacial score (nSPS) is 11.2. The number of quaternary nitrogens is 1. The van der Waals surface area contributed by atoms with Crippen LogP contribution in [-0.4, -0.2) is 37.1 Å². The number of nitrogens with zero attached hydrogens (tertiary/aromatic N) is 2. The Bertz CT molecular complexity index is 573. The van der Waals surface area contributed by atoms with Crippen LogP contribution in [0.4, 0.5) is 16.3 Å². The number of ether oxygens (including phenoxy) is 1. The lowest BCUT2D eigenvalue weighted by Gasteiger charge is -2.13. The smallest absolute Gasteiger partial charge is 0.414 e. The molecule has 0 bridgehead atoms. The fourth-order valence-electron chi connectivity index (χ4n) is 1.70. The second kappa shape index (κ2) is 7.61. The van der Waals surface area contributed by atoms with Gasteiger partial charge in [0.25, 0.3) is 0 Å². The Kier molecular flexibility index (Phi) is 6.14. The van der Waals surface area contributed by atoms with Crippen LogP contribution in [0.5, 0.6) is 5.75 Å². The molecule has 112 valence electrons. The Balaban J connectivity index is 0.00000220. The minimum Gasteiger partial charge on any atom is -1.00 e. The molecular formula is C15H18ClN3O2. The van der Waals surface area contributed by atoms with E-state index >= 15 is 0 Å². The Morgan fingerprint density at radius 2 is 1.81 bits per heavy atom. The Hall–Kier alpha value is -2.11. The lowest BCUT2D eigenvalue weighted by molar-refractivity contribution is -0.738. The van der Waals surface area contributed by atoms with Crippen LogP contribution in [0.3, 0.4) is 0 Å². The molecule has 0 aliphatic rings. The second-order valence-electron chi connectivity index (χ2n) is 4.63. The predicted molar refractivity (Wildman–Crippen MR) is 76.6 cm³/mol. The molecule has 2 rings (SSSR count). The topological polar surface area (TPSA) is 46.9 Å². The van der Waals surface area contributed by atoms with Gasteiger partial charge in [0.2, 0.25) is 5.82 Å². The molecule has 1 aromatic carbocycles. The summed E-state index contributed by atoms with van der Waals surface area (Å²) >= 11 is 0. The lowest BCUT2D eigenvalue weighted by atomic mass is 10.3. The summed E-state index contributed by atoms with van der Waals surface area (Å²) in [6, 6.07) is 13.2. The molecule has 1 heterocycles. The predicted octanol–water partition coefficient (Wildman–Crippen LogP) is -1.38. The highest BCUT2D eigenvalue weighted by Gasteiger charge is 2.12. The van der Waals surface area contributed by atoms with Gasteiger partial charge in [0.1, 0.15) is 11.4 Å². The van der Waals surface area contributed by atoms with Crippen molar-refractivity contribution in [2.75, 3.05) is 21.1 Å². The van der Waals surface area contributed by atoms with E-state index in [1.807, 2.05) is 37.4 Å². The van der Waals surface area contributed by atoms with Crippen LogP contribution in [0.25, 0.3) is 0 Å². The molecule has 1 amide bonds. The van der Waals surface area contributed by atoms with E-state index in [-0.39, 0.29) is 18.5 Å². The molecule has 0 saturated carbocycles. The minimum absolute atomic E-state index is 0. The van der Waals surface area contributed by atoms with E-state index in [0.717, 1.165) is 16.4 Å². The summed E-state index contributed by atoms with van der Waals surface area (Å²) in [6.45, 7) is 0. The Labute approximate surface area is 130 Å². The first kappa shape index (κ1) is 16.9. The van der Waals surface area contributed by atoms with Crippen LogP contribution in [0.2, 0.25) is 0 Å². The maximum absolute atomic E-state index is 11.4. The van der Waals surface area contributed by atoms with E-state index in [1.165, 1.54) is 4.90 Å². The van der Waals surface area contributed by atoms with Gasteiger partial charge in [-0.1, -0.05) is 6.07 Å². The average molecular weight is 308 g/mol. The first-order chi connectivity index (χ1) is 9.58. The summed E-state index contributed by atoms with van der Waals surface area (Å²) in [5.41, 5.74) is 1.05. The second-order valence-corrected chi connectivity index (χ2v) is 4.63. The fourth-order valence-corrected chi connectivity index (χ4v) is 1.70. The molecule has 0 fully saturated rings. The number of hydrogen-bond donors (Lipinski definition) is 1. The number of halogens is 1. The number of carbonyl (C=O) groups excluding carboxylic acids is 1. The van der Waals surface area contributed by atoms with Crippen molar-refractivity contribution in [3.05, 3.63) is 48.7 Å². The van der Waals surface area contributed by atoms with Gasteiger partial charge in [0.05, 0.1) is 7.05 Å². The van der Waals surface area contributed by atoms with Crippen molar-refractivity contribution in [1.82, 2.24) is 9.88 Å². The van der Waals surface area contributed by atoms with Crippen molar-refractivity contribution in [2.24, 2.45) is 0 Å². The molecule has 0 saturated heterocycles. The third-order valence-electron chi connectivity index (χ3n) is 2.91. The maximum Gasteiger partial charge on any atom is 0.414 e. The van der Waals surface area contributed by atoms with Crippen LogP contribution in [0.15, 0.2) is 48.7 Å². The summed E-state index contributed by atoms with van der Waals surface area (Å²) in [5.74, 6) is 1.46. The monoisotopic (exact) mass is 307 g/mol. The number of carbonyl (C=O) groups is 1. The van der Waals surface area contributed by atoms with Gasteiger partial charge in [-0.2, -0.15) is 0 Å². The van der Waals surface area contributed by atoms with Crippen molar-refractivity contribution in [3.8, 4) is 5.75 Å². The van der Waals surface area contributed by atoms with Crippen LogP contribution >= 0.6 is 0 Å². The van der Waals surface area contributed by atoms with E-state index in [2.05, 4.69) is 4.98 Å². The van der Waals surface area contributed by atoms with Crippen molar-refractivity contribution >= 4 is 17.6 Å². The zero-order valence-corrected chi connectivity index (χ0v) is 13.0. The summed E-state index contributed by atoms with van der Waals surface area (Å²) in [6.07, 6.45) is 1.38. The van der Waals surface area contributed by atoms with Crippen LogP contribution in [-0.2, 0) is 0 Å². The summed E-state index contributed by atoms with van der Waals surface area (Å²) in [7, 11) is 5.31. The van der Waals surface area contributed by atoms with Gasteiger partial charge in [-0.25, -0.2) is 9.78 Å². The molecule has 1 atom stereocenters. The van der Waals surface area contributed by atoms with Crippen molar-refractivity contribution in [1.29, 1.82) is 0 Å². The molecule has 2 aromatic rings. The highest BCUT2D eigenvalue weighted by Crippen LogP contribution is 2.14. The third-order valence-corrected chi connectivity index (χ3v) is 2.91. The Morgan fingerprint density at radius 1 is 1.14 bits per heavy atom. The van der Waals surface area contributed by atoms with Gasteiger partial charge < -0.3 is 22.0 Å². The van der Waals surface area contributed by atoms with E-state index in [9.17, 15) is 4.79 Å². The number of benzene rings is 1. The first-order valence-electron chi connectivity index (χ1n) is 6.32. The molecule has 1 unspecified atom stereocenters. The summed E-state index contributed by atoms with van der Waals surface area (Å²) in [4.78, 5) is 18.2. The maximum atomic E-state index is 11.4. The molecule has 1 N–H and O–H groups in total. The molecule has 6 heteroatoms. The molecule has 5 nitrogen and oxygen atoms in total. The average Bonchev–Trinajstić information content (AvgIpc) is 2.48. The third kappa shape index (κ3) is 4.44. The number of aromatic nitrogens is 1. The molecule has 0 aliphatic heterocycles. The van der Waals surface area contributed by atoms with Gasteiger partial charge >= 0.3 is 6.09 Å². The molecule has 0 aliphatic carbocycles. The zero-order valence-electron chi connectivity index (χ0n) is 12.2. The summed E-state index contributed by atoms with van der Waals surface area (Å²) < 4.78 is 5.18. The number of rotatable bonds is 3. The summed E-state index contributed by atoms with van der Waals surface area (Å²) in [5, 5.41) is 0. The van der Waals surface area contributed by atoms with E-state index in [4.69, 9.17) is 4.74 Å². The molecule has 21 heavy (non-hydrogen) atoms. The molecule has 0 radical (unpaired) electrons. The number of nitrogens with one attached hydrogen (secondary N) is 1. The Morgan fingerprint density at radius 3 is 2.33 bits per heavy atom. The van der Waals surface area contributed by atoms with E-state index < -0.39 is 0 Å². The minimum atomic E-state index is -0.386. The van der Waals surface area contributed by atoms with Crippen molar-refractivity contribution in [2.45, 2.75) is 0 Å². The van der Waals surface area contributed by atoms with Gasteiger partial charge in [0.15, 0.2) is 0 Å². The largest absolute Gasteiger partial charge is 1.00 e. The van der Waals surface area contributed by atoms with Crippen LogP contribution in [0, 0.1) is 0 Å². The standard InChI is InChI=1S/C15H17N3O2.ClH/c1-17(2)15(19)20-13-9-7-12(8-10-13)18(3)14-6-4-5-11-16-14;/h4-11H,1-3H3;1H. The van der Waals surface area contributed by atoms with Gasteiger partial charge in [-0.3, -0.25) is 4.90 Å². The van der Waals surface area contributed by atoms with E-state index in [1.54, 1.807) is 32.4 Å². The molecule has 1 aromatic heterocycles.